The molecule has 2 aromatic rings. The predicted molar refractivity (Wildman–Crippen MR) is 76.9 cm³/mol. The van der Waals surface area contributed by atoms with Crippen molar-refractivity contribution in [1.29, 1.82) is 0 Å². The molecule has 3 heterocycles. The zero-order valence-electron chi connectivity index (χ0n) is 9.86. The monoisotopic (exact) mass is 395 g/mol. The van der Waals surface area contributed by atoms with Crippen molar-refractivity contribution >= 4 is 45.2 Å². The van der Waals surface area contributed by atoms with Crippen LogP contribution in [-0.4, -0.2) is 43.1 Å². The topological polar surface area (TPSA) is 80.4 Å². The molecule has 6 nitrogen and oxygen atoms in total. The highest BCUT2D eigenvalue weighted by Gasteiger charge is 2.42. The maximum atomic E-state index is 10.0. The van der Waals surface area contributed by atoms with Gasteiger partial charge in [-0.25, -0.2) is 9.97 Å². The lowest BCUT2D eigenvalue weighted by Crippen LogP contribution is -2.30. The van der Waals surface area contributed by atoms with Crippen LogP contribution in [0.1, 0.15) is 13.2 Å². The van der Waals surface area contributed by atoms with Crippen molar-refractivity contribution < 1.29 is 14.9 Å². The maximum Gasteiger partial charge on any atom is 0.164 e. The van der Waals surface area contributed by atoms with Crippen molar-refractivity contribution in [2.45, 2.75) is 31.5 Å². The van der Waals surface area contributed by atoms with Gasteiger partial charge in [0.15, 0.2) is 6.23 Å². The van der Waals surface area contributed by atoms with E-state index in [9.17, 15) is 10.2 Å². The molecular weight excluding hydrogens is 384 g/mol. The van der Waals surface area contributed by atoms with E-state index in [2.05, 4.69) is 32.6 Å². The van der Waals surface area contributed by atoms with Gasteiger partial charge >= 0.3 is 0 Å². The van der Waals surface area contributed by atoms with Crippen LogP contribution in [0.4, 0.5) is 0 Å². The van der Waals surface area contributed by atoms with E-state index in [0.717, 1.165) is 8.96 Å². The van der Waals surface area contributed by atoms with Gasteiger partial charge in [-0.1, -0.05) is 11.6 Å². The third-order valence-electron chi connectivity index (χ3n) is 3.27. The molecule has 8 heteroatoms. The first kappa shape index (κ1) is 13.5. The number of hydrogen-bond acceptors (Lipinski definition) is 5. The molecule has 0 saturated carbocycles. The number of hydrogen-bond donors (Lipinski definition) is 2. The molecule has 4 atom stereocenters. The Labute approximate surface area is 127 Å². The highest BCUT2D eigenvalue weighted by molar-refractivity contribution is 14.1. The van der Waals surface area contributed by atoms with E-state index < -0.39 is 24.5 Å². The molecular formula is C11H11ClIN3O3. The summed E-state index contributed by atoms with van der Waals surface area (Å²) >= 11 is 8.18. The highest BCUT2D eigenvalue weighted by Crippen LogP contribution is 2.35. The van der Waals surface area contributed by atoms with Gasteiger partial charge in [0.05, 0.1) is 11.5 Å². The van der Waals surface area contributed by atoms with Crippen molar-refractivity contribution in [1.82, 2.24) is 14.5 Å². The average molecular weight is 396 g/mol. The Balaban J connectivity index is 2.14. The predicted octanol–water partition coefficient (Wildman–Crippen LogP) is 1.33. The average Bonchev–Trinajstić information content (AvgIpc) is 2.83. The van der Waals surface area contributed by atoms with Crippen LogP contribution in [-0.2, 0) is 4.74 Å². The van der Waals surface area contributed by atoms with Crippen molar-refractivity contribution in [3.8, 4) is 0 Å². The molecule has 0 aliphatic carbocycles. The van der Waals surface area contributed by atoms with Crippen LogP contribution in [0.15, 0.2) is 12.5 Å². The standard InChI is InChI=1S/C11H11ClIN3O3/c1-4-7(17)8(18)11(19-4)16-2-5(13)6-9(12)14-3-15-10(6)16/h2-4,7-8,11,17-18H,1H3/t4-,7-,8-,11-/m1/s1. The van der Waals surface area contributed by atoms with Gasteiger partial charge in [-0.05, 0) is 29.5 Å². The number of halogens is 2. The summed E-state index contributed by atoms with van der Waals surface area (Å²) in [5, 5.41) is 20.9. The Morgan fingerprint density at radius 3 is 2.74 bits per heavy atom. The van der Waals surface area contributed by atoms with Gasteiger partial charge in [0.1, 0.15) is 29.3 Å². The minimum atomic E-state index is -1.00. The number of nitrogens with zero attached hydrogens (tertiary/aromatic N) is 3. The molecule has 1 aliphatic rings. The molecule has 0 radical (unpaired) electrons. The molecule has 2 N–H and O–H groups in total. The first-order chi connectivity index (χ1) is 9.00. The zero-order chi connectivity index (χ0) is 13.7. The number of aromatic nitrogens is 3. The van der Waals surface area contributed by atoms with E-state index in [-0.39, 0.29) is 0 Å². The summed E-state index contributed by atoms with van der Waals surface area (Å²) in [6, 6.07) is 0. The summed E-state index contributed by atoms with van der Waals surface area (Å²) in [6.45, 7) is 1.71. The summed E-state index contributed by atoms with van der Waals surface area (Å²) in [5.41, 5.74) is 0.578. The molecule has 19 heavy (non-hydrogen) atoms. The second-order valence-electron chi connectivity index (χ2n) is 4.46. The summed E-state index contributed by atoms with van der Waals surface area (Å²) in [4.78, 5) is 8.12. The molecule has 0 spiro atoms. The largest absolute Gasteiger partial charge is 0.388 e. The molecule has 1 fully saturated rings. The Hall–Kier alpha value is -0.480. The molecule has 0 amide bonds. The van der Waals surface area contributed by atoms with Crippen LogP contribution >= 0.6 is 34.2 Å². The van der Waals surface area contributed by atoms with Gasteiger partial charge in [-0.2, -0.15) is 0 Å². The van der Waals surface area contributed by atoms with Crippen LogP contribution < -0.4 is 0 Å². The van der Waals surface area contributed by atoms with E-state index in [0.29, 0.717) is 10.8 Å². The lowest BCUT2D eigenvalue weighted by atomic mass is 10.1. The fourth-order valence-electron chi connectivity index (χ4n) is 2.26. The molecule has 102 valence electrons. The van der Waals surface area contributed by atoms with E-state index in [1.807, 2.05) is 0 Å². The van der Waals surface area contributed by atoms with Crippen molar-refractivity contribution in [2.75, 3.05) is 0 Å². The van der Waals surface area contributed by atoms with Crippen molar-refractivity contribution in [3.63, 3.8) is 0 Å². The van der Waals surface area contributed by atoms with Gasteiger partial charge < -0.3 is 19.5 Å². The van der Waals surface area contributed by atoms with Crippen molar-refractivity contribution in [3.05, 3.63) is 21.2 Å². The smallest absolute Gasteiger partial charge is 0.164 e. The van der Waals surface area contributed by atoms with Gasteiger partial charge in [0.2, 0.25) is 0 Å². The van der Waals surface area contributed by atoms with E-state index in [4.69, 9.17) is 16.3 Å². The van der Waals surface area contributed by atoms with Crippen LogP contribution in [0.3, 0.4) is 0 Å². The van der Waals surface area contributed by atoms with Crippen LogP contribution in [0, 0.1) is 3.57 Å². The SMILES string of the molecule is C[C@H]1O[C@@H](n2cc(I)c3c(Cl)ncnc32)[C@H](O)[C@@H]1O. The summed E-state index contributed by atoms with van der Waals surface area (Å²) < 4.78 is 8.14. The highest BCUT2D eigenvalue weighted by atomic mass is 127. The molecule has 3 rings (SSSR count). The van der Waals surface area contributed by atoms with Crippen molar-refractivity contribution in [2.24, 2.45) is 0 Å². The number of rotatable bonds is 1. The Morgan fingerprint density at radius 2 is 2.11 bits per heavy atom. The van der Waals surface area contributed by atoms with E-state index in [1.54, 1.807) is 17.7 Å². The van der Waals surface area contributed by atoms with E-state index >= 15 is 0 Å². The zero-order valence-corrected chi connectivity index (χ0v) is 12.8. The van der Waals surface area contributed by atoms with Gasteiger partial charge in [0.25, 0.3) is 0 Å². The minimum absolute atomic E-state index is 0.356. The first-order valence-electron chi connectivity index (χ1n) is 5.69. The molecule has 0 unspecified atom stereocenters. The van der Waals surface area contributed by atoms with Gasteiger partial charge in [-0.3, -0.25) is 0 Å². The van der Waals surface area contributed by atoms with Crippen LogP contribution in [0.5, 0.6) is 0 Å². The number of fused-ring (bicyclic) bond motifs is 1. The summed E-state index contributed by atoms with van der Waals surface area (Å²) in [7, 11) is 0. The Kier molecular flexibility index (Phi) is 3.42. The fourth-order valence-corrected chi connectivity index (χ4v) is 3.44. The fraction of sp³-hybridized carbons (Fsp3) is 0.455. The van der Waals surface area contributed by atoms with Gasteiger partial charge in [-0.15, -0.1) is 0 Å². The maximum absolute atomic E-state index is 10.0. The molecule has 1 saturated heterocycles. The van der Waals surface area contributed by atoms with Crippen LogP contribution in [0.25, 0.3) is 11.0 Å². The van der Waals surface area contributed by atoms with Gasteiger partial charge in [0, 0.05) is 9.77 Å². The third kappa shape index (κ3) is 2.04. The lowest BCUT2D eigenvalue weighted by molar-refractivity contribution is -0.0297. The van der Waals surface area contributed by atoms with Crippen LogP contribution in [0.2, 0.25) is 5.15 Å². The second kappa shape index (κ2) is 4.81. The quantitative estimate of drug-likeness (QED) is 0.562. The molecule has 2 aromatic heterocycles. The number of aliphatic hydroxyl groups is 2. The molecule has 0 aromatic carbocycles. The third-order valence-corrected chi connectivity index (χ3v) is 4.37. The molecule has 1 aliphatic heterocycles. The second-order valence-corrected chi connectivity index (χ2v) is 5.98. The lowest BCUT2D eigenvalue weighted by Gasteiger charge is -2.17. The van der Waals surface area contributed by atoms with E-state index in [1.165, 1.54) is 6.33 Å². The Bertz CT molecular complexity index is 635. The number of aliphatic hydroxyl groups excluding tert-OH is 2. The summed E-state index contributed by atoms with van der Waals surface area (Å²) in [6.07, 6.45) is 0.102. The normalized spacial score (nSPS) is 31.2. The summed E-state index contributed by atoms with van der Waals surface area (Å²) in [5.74, 6) is 0. The number of ether oxygens (including phenoxy) is 1. The minimum Gasteiger partial charge on any atom is -0.388 e. The first-order valence-corrected chi connectivity index (χ1v) is 7.14. The molecule has 0 bridgehead atoms. The Morgan fingerprint density at radius 1 is 1.37 bits per heavy atom.